The minimum absolute atomic E-state index is 0.172. The first kappa shape index (κ1) is 10.9. The van der Waals surface area contributed by atoms with Crippen molar-refractivity contribution in [2.75, 3.05) is 7.11 Å². The molecular weight excluding hydrogens is 192 g/mol. The lowest BCUT2D eigenvalue weighted by atomic mass is 9.46. The maximum Gasteiger partial charge on any atom is 0.314 e. The zero-order chi connectivity index (χ0) is 11.3. The molecule has 86 valence electrons. The molecule has 0 aromatic rings. The summed E-state index contributed by atoms with van der Waals surface area (Å²) in [5.41, 5.74) is -1.22. The summed E-state index contributed by atoms with van der Waals surface area (Å²) < 4.78 is 4.85. The number of carbonyl (C=O) groups excluding carboxylic acids is 1. The number of ether oxygens (including phenoxy) is 1. The molecule has 0 atom stereocenters. The Kier molecular flexibility index (Phi) is 2.16. The van der Waals surface area contributed by atoms with Gasteiger partial charge < -0.3 is 9.84 Å². The number of hydrogen-bond acceptors (Lipinski definition) is 3. The Morgan fingerprint density at radius 3 is 2.07 bits per heavy atom. The van der Waals surface area contributed by atoms with Gasteiger partial charge in [-0.25, -0.2) is 0 Å². The molecule has 0 bridgehead atoms. The molecule has 0 radical (unpaired) electrons. The van der Waals surface area contributed by atoms with Crippen molar-refractivity contribution in [2.45, 2.75) is 51.6 Å². The van der Waals surface area contributed by atoms with Crippen LogP contribution in [0, 0.1) is 10.8 Å². The summed E-state index contributed by atoms with van der Waals surface area (Å²) in [6.45, 7) is 4.26. The van der Waals surface area contributed by atoms with Crippen molar-refractivity contribution in [3.05, 3.63) is 0 Å². The molecule has 0 saturated heterocycles. The smallest absolute Gasteiger partial charge is 0.314 e. The molecule has 0 aromatic heterocycles. The van der Waals surface area contributed by atoms with E-state index in [1.54, 1.807) is 0 Å². The Hall–Kier alpha value is -0.570. The fourth-order valence-electron chi connectivity index (χ4n) is 3.46. The molecule has 2 rings (SSSR count). The summed E-state index contributed by atoms with van der Waals surface area (Å²) in [5, 5.41) is 10.5. The van der Waals surface area contributed by atoms with E-state index < -0.39 is 11.0 Å². The van der Waals surface area contributed by atoms with Gasteiger partial charge in [-0.2, -0.15) is 0 Å². The quantitative estimate of drug-likeness (QED) is 0.711. The van der Waals surface area contributed by atoms with Crippen LogP contribution in [0.15, 0.2) is 0 Å². The molecule has 15 heavy (non-hydrogen) atoms. The van der Waals surface area contributed by atoms with Crippen molar-refractivity contribution >= 4 is 5.97 Å². The summed E-state index contributed by atoms with van der Waals surface area (Å²) >= 11 is 0. The van der Waals surface area contributed by atoms with Crippen LogP contribution in [0.2, 0.25) is 0 Å². The van der Waals surface area contributed by atoms with Gasteiger partial charge in [-0.3, -0.25) is 4.79 Å². The molecule has 3 nitrogen and oxygen atoms in total. The average molecular weight is 212 g/mol. The monoisotopic (exact) mass is 212 g/mol. The summed E-state index contributed by atoms with van der Waals surface area (Å²) in [6, 6.07) is 0. The number of carbonyl (C=O) groups is 1. The third kappa shape index (κ3) is 1.32. The second kappa shape index (κ2) is 2.97. The third-order valence-electron chi connectivity index (χ3n) is 4.22. The molecule has 0 amide bonds. The van der Waals surface area contributed by atoms with Gasteiger partial charge in [-0.1, -0.05) is 20.3 Å². The molecule has 2 fully saturated rings. The Morgan fingerprint density at radius 1 is 1.27 bits per heavy atom. The van der Waals surface area contributed by atoms with E-state index in [9.17, 15) is 9.90 Å². The topological polar surface area (TPSA) is 46.5 Å². The molecule has 0 heterocycles. The maximum absolute atomic E-state index is 11.8. The van der Waals surface area contributed by atoms with E-state index in [1.807, 2.05) is 0 Å². The first-order valence-corrected chi connectivity index (χ1v) is 5.66. The molecule has 1 N–H and O–H groups in total. The molecule has 2 aliphatic rings. The Labute approximate surface area is 90.8 Å². The van der Waals surface area contributed by atoms with Crippen LogP contribution >= 0.6 is 0 Å². The minimum Gasteiger partial charge on any atom is -0.469 e. The van der Waals surface area contributed by atoms with Gasteiger partial charge in [0.25, 0.3) is 0 Å². The van der Waals surface area contributed by atoms with E-state index >= 15 is 0 Å². The largest absolute Gasteiger partial charge is 0.469 e. The molecule has 2 saturated carbocycles. The molecular formula is C12H20O3. The van der Waals surface area contributed by atoms with E-state index in [0.717, 1.165) is 32.1 Å². The van der Waals surface area contributed by atoms with Gasteiger partial charge in [-0.15, -0.1) is 0 Å². The SMILES string of the molecule is COC(=O)C1(C2(O)CC(C)(C)C2)CCC1. The highest BCUT2D eigenvalue weighted by Gasteiger charge is 2.66. The number of rotatable bonds is 2. The van der Waals surface area contributed by atoms with Gasteiger partial charge in [0.05, 0.1) is 18.1 Å². The van der Waals surface area contributed by atoms with Gasteiger partial charge >= 0.3 is 5.97 Å². The van der Waals surface area contributed by atoms with Crippen LogP contribution in [0.5, 0.6) is 0 Å². The fourth-order valence-corrected chi connectivity index (χ4v) is 3.46. The highest BCUT2D eigenvalue weighted by Crippen LogP contribution is 2.63. The number of methoxy groups -OCH3 is 1. The highest BCUT2D eigenvalue weighted by atomic mass is 16.5. The van der Waals surface area contributed by atoms with Crippen LogP contribution in [0.25, 0.3) is 0 Å². The third-order valence-corrected chi connectivity index (χ3v) is 4.22. The Balaban J connectivity index is 2.18. The summed E-state index contributed by atoms with van der Waals surface area (Å²) in [7, 11) is 1.41. The average Bonchev–Trinajstić information content (AvgIpc) is 1.97. The molecule has 0 spiro atoms. The van der Waals surface area contributed by atoms with E-state index in [2.05, 4.69) is 13.8 Å². The van der Waals surface area contributed by atoms with Gasteiger partial charge in [0.2, 0.25) is 0 Å². The molecule has 0 aromatic carbocycles. The maximum atomic E-state index is 11.8. The van der Waals surface area contributed by atoms with E-state index in [4.69, 9.17) is 4.74 Å². The Morgan fingerprint density at radius 2 is 1.80 bits per heavy atom. The van der Waals surface area contributed by atoms with Crippen molar-refractivity contribution in [2.24, 2.45) is 10.8 Å². The predicted molar refractivity (Wildman–Crippen MR) is 56.3 cm³/mol. The minimum atomic E-state index is -0.804. The van der Waals surface area contributed by atoms with E-state index in [0.29, 0.717) is 0 Å². The van der Waals surface area contributed by atoms with Crippen molar-refractivity contribution < 1.29 is 14.6 Å². The highest BCUT2D eigenvalue weighted by molar-refractivity contribution is 5.79. The molecule has 0 unspecified atom stereocenters. The van der Waals surface area contributed by atoms with Crippen molar-refractivity contribution in [1.29, 1.82) is 0 Å². The summed E-state index contributed by atoms with van der Waals surface area (Å²) in [6.07, 6.45) is 4.03. The zero-order valence-corrected chi connectivity index (χ0v) is 9.80. The summed E-state index contributed by atoms with van der Waals surface area (Å²) in [5.74, 6) is -0.216. The van der Waals surface area contributed by atoms with Crippen LogP contribution in [0.4, 0.5) is 0 Å². The number of aliphatic hydroxyl groups is 1. The normalized spacial score (nSPS) is 29.9. The van der Waals surface area contributed by atoms with E-state index in [1.165, 1.54) is 7.11 Å². The van der Waals surface area contributed by atoms with Crippen LogP contribution < -0.4 is 0 Å². The lowest BCUT2D eigenvalue weighted by Gasteiger charge is -2.61. The van der Waals surface area contributed by atoms with Crippen LogP contribution in [0.1, 0.15) is 46.0 Å². The first-order chi connectivity index (χ1) is 6.85. The van der Waals surface area contributed by atoms with Gasteiger partial charge in [-0.05, 0) is 31.1 Å². The van der Waals surface area contributed by atoms with Crippen molar-refractivity contribution in [3.8, 4) is 0 Å². The second-order valence-electron chi connectivity index (χ2n) is 5.98. The Bertz CT molecular complexity index is 281. The van der Waals surface area contributed by atoms with Crippen molar-refractivity contribution in [3.63, 3.8) is 0 Å². The fraction of sp³-hybridized carbons (Fsp3) is 0.917. The lowest BCUT2D eigenvalue weighted by Crippen LogP contribution is -2.65. The standard InChI is InChI=1S/C12H20O3/c1-10(2)7-12(14,8-10)11(5-4-6-11)9(13)15-3/h14H,4-8H2,1-3H3. The van der Waals surface area contributed by atoms with Gasteiger partial charge in [0, 0.05) is 0 Å². The zero-order valence-electron chi connectivity index (χ0n) is 9.80. The van der Waals surface area contributed by atoms with Crippen LogP contribution in [0.3, 0.4) is 0 Å². The predicted octanol–water partition coefficient (Wildman–Crippen LogP) is 1.88. The molecule has 3 heteroatoms. The first-order valence-electron chi connectivity index (χ1n) is 5.66. The number of esters is 1. The lowest BCUT2D eigenvalue weighted by molar-refractivity contribution is -0.231. The van der Waals surface area contributed by atoms with E-state index in [-0.39, 0.29) is 11.4 Å². The van der Waals surface area contributed by atoms with Crippen LogP contribution in [-0.4, -0.2) is 23.8 Å². The summed E-state index contributed by atoms with van der Waals surface area (Å²) in [4.78, 5) is 11.8. The van der Waals surface area contributed by atoms with Gasteiger partial charge in [0.1, 0.15) is 0 Å². The molecule has 2 aliphatic carbocycles. The van der Waals surface area contributed by atoms with Crippen LogP contribution in [-0.2, 0) is 9.53 Å². The van der Waals surface area contributed by atoms with Gasteiger partial charge in [0.15, 0.2) is 0 Å². The van der Waals surface area contributed by atoms with Crippen molar-refractivity contribution in [1.82, 2.24) is 0 Å². The number of hydrogen-bond donors (Lipinski definition) is 1. The second-order valence-corrected chi connectivity index (χ2v) is 5.98. The molecule has 0 aliphatic heterocycles.